The fourth-order valence-corrected chi connectivity index (χ4v) is 4.15. The number of pyridine rings is 1. The normalized spacial score (nSPS) is 13.3. The smallest absolute Gasteiger partial charge is 0.244 e. The van der Waals surface area contributed by atoms with Crippen molar-refractivity contribution in [2.75, 3.05) is 0 Å². The number of aliphatic imine (C=N–C) groups is 2. The molecule has 0 fully saturated rings. The Balaban J connectivity index is 2.24. The minimum Gasteiger partial charge on any atom is -0.244 e. The van der Waals surface area contributed by atoms with E-state index in [1.165, 1.54) is 0 Å². The molecule has 3 nitrogen and oxygen atoms in total. The molecule has 0 aliphatic heterocycles. The summed E-state index contributed by atoms with van der Waals surface area (Å²) in [5.74, 6) is 0. The van der Waals surface area contributed by atoms with Gasteiger partial charge in [-0.25, -0.2) is 15.0 Å². The third-order valence-corrected chi connectivity index (χ3v) is 5.49. The van der Waals surface area contributed by atoms with E-state index in [4.69, 9.17) is 0 Å². The molecule has 1 aromatic heterocycles. The van der Waals surface area contributed by atoms with Gasteiger partial charge in [-0.1, -0.05) is 41.5 Å². The minimum absolute atomic E-state index is 0.0933. The molecular weight excluding hydrogens is 480 g/mol. The lowest BCUT2D eigenvalue weighted by Crippen LogP contribution is -2.28. The lowest BCUT2D eigenvalue weighted by molar-refractivity contribution is -0.0585. The Bertz CT molecular complexity index is 1220. The van der Waals surface area contributed by atoms with Gasteiger partial charge in [0.25, 0.3) is 0 Å². The average molecular weight is 506 g/mol. The van der Waals surface area contributed by atoms with Crippen molar-refractivity contribution >= 4 is 22.8 Å². The molecule has 190 valence electrons. The van der Waals surface area contributed by atoms with Crippen LogP contribution in [0.1, 0.15) is 44.8 Å². The molecule has 0 N–H and O–H groups in total. The van der Waals surface area contributed by atoms with E-state index >= 15 is 0 Å². The molecule has 0 atom stereocenters. The largest absolute Gasteiger partial charge is 0.435 e. The molecular formula is C27H25F6N3. The van der Waals surface area contributed by atoms with Gasteiger partial charge in [-0.2, -0.15) is 26.3 Å². The van der Waals surface area contributed by atoms with E-state index in [-0.39, 0.29) is 11.4 Å². The molecule has 3 aromatic rings. The van der Waals surface area contributed by atoms with E-state index < -0.39 is 35.2 Å². The molecule has 0 radical (unpaired) electrons. The molecule has 0 bridgehead atoms. The number of benzene rings is 2. The van der Waals surface area contributed by atoms with E-state index in [1.54, 1.807) is 65.8 Å². The van der Waals surface area contributed by atoms with Crippen LogP contribution in [0, 0.1) is 41.5 Å². The quantitative estimate of drug-likeness (QED) is 0.260. The Morgan fingerprint density at radius 1 is 0.583 bits per heavy atom. The van der Waals surface area contributed by atoms with Crippen LogP contribution < -0.4 is 0 Å². The lowest BCUT2D eigenvalue weighted by Gasteiger charge is -2.16. The molecule has 0 unspecified atom stereocenters. The SMILES string of the molecule is Cc1cc(C)c(N=C(c2cccc(C(=Nc3c(C)cc(C)cc3C)C(F)(F)F)n2)C(F)(F)F)c(C)c1. The first-order chi connectivity index (χ1) is 16.6. The molecule has 0 amide bonds. The van der Waals surface area contributed by atoms with Crippen LogP contribution in [0.5, 0.6) is 0 Å². The molecule has 0 saturated heterocycles. The van der Waals surface area contributed by atoms with Crippen molar-refractivity contribution in [3.05, 3.63) is 87.2 Å². The van der Waals surface area contributed by atoms with Gasteiger partial charge in [0.15, 0.2) is 11.4 Å². The molecule has 0 saturated carbocycles. The maximum absolute atomic E-state index is 14.1. The van der Waals surface area contributed by atoms with E-state index in [9.17, 15) is 26.3 Å². The summed E-state index contributed by atoms with van der Waals surface area (Å²) in [6, 6.07) is 9.81. The average Bonchev–Trinajstić information content (AvgIpc) is 2.70. The fourth-order valence-electron chi connectivity index (χ4n) is 4.15. The third-order valence-electron chi connectivity index (χ3n) is 5.49. The van der Waals surface area contributed by atoms with E-state index in [0.29, 0.717) is 22.3 Å². The second-order valence-corrected chi connectivity index (χ2v) is 8.82. The standard InChI is InChI=1S/C27H25F6N3/c1-14-10-16(3)22(17(4)11-14)35-24(26(28,29)30)20-8-7-9-21(34-20)25(27(31,32)33)36-23-18(5)12-15(2)13-19(23)6/h7-13H,1-6H3. The van der Waals surface area contributed by atoms with Crippen LogP contribution in [-0.2, 0) is 0 Å². The molecule has 0 spiro atoms. The monoisotopic (exact) mass is 505 g/mol. The molecule has 1 heterocycles. The zero-order chi connectivity index (χ0) is 27.0. The number of rotatable bonds is 4. The van der Waals surface area contributed by atoms with Crippen LogP contribution in [-0.4, -0.2) is 28.8 Å². The number of nitrogens with zero attached hydrogens (tertiary/aromatic N) is 3. The zero-order valence-corrected chi connectivity index (χ0v) is 20.7. The topological polar surface area (TPSA) is 37.6 Å². The maximum atomic E-state index is 14.1. The zero-order valence-electron chi connectivity index (χ0n) is 20.7. The molecule has 2 aromatic carbocycles. The van der Waals surface area contributed by atoms with Crippen molar-refractivity contribution < 1.29 is 26.3 Å². The second-order valence-electron chi connectivity index (χ2n) is 8.82. The summed E-state index contributed by atoms with van der Waals surface area (Å²) in [6.07, 6.45) is -9.93. The minimum atomic E-state index is -4.96. The van der Waals surface area contributed by atoms with Crippen molar-refractivity contribution in [1.29, 1.82) is 0 Å². The van der Waals surface area contributed by atoms with Gasteiger partial charge >= 0.3 is 12.4 Å². The highest BCUT2D eigenvalue weighted by Crippen LogP contribution is 2.33. The van der Waals surface area contributed by atoms with E-state index in [0.717, 1.165) is 29.3 Å². The van der Waals surface area contributed by atoms with Gasteiger partial charge in [-0.05, 0) is 75.9 Å². The number of aryl methyl sites for hydroxylation is 6. The van der Waals surface area contributed by atoms with Crippen molar-refractivity contribution in [3.63, 3.8) is 0 Å². The van der Waals surface area contributed by atoms with E-state index in [1.807, 2.05) is 0 Å². The van der Waals surface area contributed by atoms with Gasteiger partial charge in [0, 0.05) is 0 Å². The van der Waals surface area contributed by atoms with Crippen LogP contribution >= 0.6 is 0 Å². The van der Waals surface area contributed by atoms with Crippen molar-refractivity contribution in [2.24, 2.45) is 9.98 Å². The molecule has 3 rings (SSSR count). The summed E-state index contributed by atoms with van der Waals surface area (Å²) >= 11 is 0. The highest BCUT2D eigenvalue weighted by atomic mass is 19.4. The Kier molecular flexibility index (Phi) is 7.43. The summed E-state index contributed by atoms with van der Waals surface area (Å²) < 4.78 is 84.4. The maximum Gasteiger partial charge on any atom is 0.435 e. The van der Waals surface area contributed by atoms with Crippen LogP contribution in [0.3, 0.4) is 0 Å². The van der Waals surface area contributed by atoms with Gasteiger partial charge in [0.2, 0.25) is 0 Å². The first-order valence-corrected chi connectivity index (χ1v) is 11.0. The Labute approximate surface area is 205 Å². The summed E-state index contributed by atoms with van der Waals surface area (Å²) in [5.41, 5.74) is -0.306. The highest BCUT2D eigenvalue weighted by Gasteiger charge is 2.41. The van der Waals surface area contributed by atoms with Crippen molar-refractivity contribution in [1.82, 2.24) is 4.98 Å². The first-order valence-electron chi connectivity index (χ1n) is 11.0. The van der Waals surface area contributed by atoms with Crippen LogP contribution in [0.25, 0.3) is 0 Å². The van der Waals surface area contributed by atoms with Crippen LogP contribution in [0.2, 0.25) is 0 Å². The fraction of sp³-hybridized carbons (Fsp3) is 0.296. The molecule has 9 heteroatoms. The van der Waals surface area contributed by atoms with Gasteiger partial charge in [0.05, 0.1) is 22.8 Å². The van der Waals surface area contributed by atoms with E-state index in [2.05, 4.69) is 15.0 Å². The Morgan fingerprint density at radius 2 is 0.889 bits per heavy atom. The van der Waals surface area contributed by atoms with Crippen molar-refractivity contribution in [2.45, 2.75) is 53.9 Å². The second kappa shape index (κ2) is 9.87. The van der Waals surface area contributed by atoms with Gasteiger partial charge in [-0.15, -0.1) is 0 Å². The van der Waals surface area contributed by atoms with Crippen LogP contribution in [0.4, 0.5) is 37.7 Å². The Morgan fingerprint density at radius 3 is 1.17 bits per heavy atom. The van der Waals surface area contributed by atoms with Crippen LogP contribution in [0.15, 0.2) is 52.4 Å². The lowest BCUT2D eigenvalue weighted by atomic mass is 10.0. The van der Waals surface area contributed by atoms with Gasteiger partial charge in [-0.3, -0.25) is 0 Å². The molecule has 0 aliphatic rings. The predicted molar refractivity (Wildman–Crippen MR) is 130 cm³/mol. The summed E-state index contributed by atoms with van der Waals surface area (Å²) in [4.78, 5) is 11.4. The number of hydrogen-bond acceptors (Lipinski definition) is 3. The summed E-state index contributed by atoms with van der Waals surface area (Å²) in [7, 11) is 0. The third kappa shape index (κ3) is 6.01. The first kappa shape index (κ1) is 27.1. The Hall–Kier alpha value is -3.49. The predicted octanol–water partition coefficient (Wildman–Crippen LogP) is 8.30. The van der Waals surface area contributed by atoms with Gasteiger partial charge < -0.3 is 0 Å². The van der Waals surface area contributed by atoms with Crippen molar-refractivity contribution in [3.8, 4) is 0 Å². The highest BCUT2D eigenvalue weighted by molar-refractivity contribution is 6.08. The van der Waals surface area contributed by atoms with Gasteiger partial charge in [0.1, 0.15) is 0 Å². The number of halogens is 6. The summed E-state index contributed by atoms with van der Waals surface area (Å²) in [6.45, 7) is 10.1. The molecule has 36 heavy (non-hydrogen) atoms. The summed E-state index contributed by atoms with van der Waals surface area (Å²) in [5, 5.41) is 0. The number of aromatic nitrogens is 1. The molecule has 0 aliphatic carbocycles. The number of hydrogen-bond donors (Lipinski definition) is 0. The number of alkyl halides is 6.